The van der Waals surface area contributed by atoms with Gasteiger partial charge in [-0.2, -0.15) is 4.31 Å². The first-order valence-electron chi connectivity index (χ1n) is 14.4. The Kier molecular flexibility index (Phi) is 9.41. The molecule has 45 heavy (non-hydrogen) atoms. The maximum atomic E-state index is 14.3. The van der Waals surface area contributed by atoms with Gasteiger partial charge in [-0.25, -0.2) is 8.42 Å². The van der Waals surface area contributed by atoms with Gasteiger partial charge in [-0.15, -0.1) is 0 Å². The van der Waals surface area contributed by atoms with Crippen molar-refractivity contribution < 1.29 is 22.8 Å². The van der Waals surface area contributed by atoms with E-state index in [1.54, 1.807) is 53.7 Å². The van der Waals surface area contributed by atoms with Crippen molar-refractivity contribution in [1.29, 1.82) is 0 Å². The molecule has 0 aliphatic carbocycles. The Morgan fingerprint density at radius 2 is 1.67 bits per heavy atom. The molecule has 3 unspecified atom stereocenters. The van der Waals surface area contributed by atoms with Crippen LogP contribution in [0.3, 0.4) is 0 Å². The Balaban J connectivity index is 1.58. The van der Waals surface area contributed by atoms with Gasteiger partial charge in [0, 0.05) is 61.8 Å². The van der Waals surface area contributed by atoms with Crippen LogP contribution in [0.2, 0.25) is 10.0 Å². The molecular formula is C31H34Cl2N6O5S. The molecule has 0 saturated carbocycles. The maximum Gasteiger partial charge on any atom is 0.251 e. The van der Waals surface area contributed by atoms with E-state index in [9.17, 15) is 22.8 Å². The highest BCUT2D eigenvalue weighted by Gasteiger charge is 2.54. The molecule has 11 nitrogen and oxygen atoms in total. The van der Waals surface area contributed by atoms with E-state index in [1.165, 1.54) is 23.1 Å². The highest BCUT2D eigenvalue weighted by Crippen LogP contribution is 2.35. The van der Waals surface area contributed by atoms with Crippen LogP contribution in [0.4, 0.5) is 5.69 Å². The van der Waals surface area contributed by atoms with Crippen molar-refractivity contribution in [3.05, 3.63) is 88.2 Å². The number of piperazine rings is 1. The molecule has 5 rings (SSSR count). The third-order valence-electron chi connectivity index (χ3n) is 8.07. The van der Waals surface area contributed by atoms with Crippen molar-refractivity contribution in [2.45, 2.75) is 49.5 Å². The molecule has 238 valence electrons. The second kappa shape index (κ2) is 13.0. The molecule has 3 atom stereocenters. The lowest BCUT2D eigenvalue weighted by atomic mass is 9.96. The van der Waals surface area contributed by atoms with E-state index in [0.29, 0.717) is 5.56 Å². The Morgan fingerprint density at radius 3 is 2.27 bits per heavy atom. The van der Waals surface area contributed by atoms with Crippen molar-refractivity contribution in [3.8, 4) is 0 Å². The summed E-state index contributed by atoms with van der Waals surface area (Å²) in [5.41, 5.74) is 1.91. The first-order chi connectivity index (χ1) is 21.3. The maximum absolute atomic E-state index is 14.3. The molecule has 2 aliphatic rings. The first kappa shape index (κ1) is 32.7. The summed E-state index contributed by atoms with van der Waals surface area (Å²) in [4.78, 5) is 50.2. The van der Waals surface area contributed by atoms with Crippen molar-refractivity contribution in [1.82, 2.24) is 24.4 Å². The molecule has 1 N–H and O–H groups in total. The Morgan fingerprint density at radius 1 is 1.00 bits per heavy atom. The summed E-state index contributed by atoms with van der Waals surface area (Å²) in [6, 6.07) is 11.7. The Labute approximate surface area is 272 Å². The average Bonchev–Trinajstić information content (AvgIpc) is 2.99. The number of hydrogen-bond donors (Lipinski definition) is 1. The number of aromatic nitrogens is 1. The third kappa shape index (κ3) is 6.51. The van der Waals surface area contributed by atoms with Gasteiger partial charge in [0.15, 0.2) is 0 Å². The summed E-state index contributed by atoms with van der Waals surface area (Å²) in [6.45, 7) is 3.24. The summed E-state index contributed by atoms with van der Waals surface area (Å²) < 4.78 is 29.8. The van der Waals surface area contributed by atoms with Gasteiger partial charge in [0.1, 0.15) is 23.1 Å². The number of amides is 3. The number of hydrogen-bond acceptors (Lipinski definition) is 7. The van der Waals surface area contributed by atoms with Crippen molar-refractivity contribution >= 4 is 56.6 Å². The molecule has 2 aliphatic heterocycles. The van der Waals surface area contributed by atoms with Gasteiger partial charge < -0.3 is 20.0 Å². The number of carbonyl (C=O) groups is 3. The van der Waals surface area contributed by atoms with Crippen LogP contribution in [0.25, 0.3) is 0 Å². The third-order valence-corrected chi connectivity index (χ3v) is 10.6. The molecule has 2 saturated heterocycles. The number of fused-ring (bicyclic) bond motifs is 1. The van der Waals surface area contributed by atoms with Gasteiger partial charge in [-0.3, -0.25) is 19.4 Å². The molecular weight excluding hydrogens is 639 g/mol. The predicted octanol–water partition coefficient (Wildman–Crippen LogP) is 3.27. The fourth-order valence-electron chi connectivity index (χ4n) is 5.68. The van der Waals surface area contributed by atoms with E-state index < -0.39 is 40.1 Å². The number of carbonyl (C=O) groups excluding carboxylic acids is 3. The summed E-state index contributed by atoms with van der Waals surface area (Å²) >= 11 is 12.5. The van der Waals surface area contributed by atoms with Gasteiger partial charge in [0.25, 0.3) is 5.91 Å². The monoisotopic (exact) mass is 672 g/mol. The van der Waals surface area contributed by atoms with Crippen LogP contribution in [0, 0.1) is 0 Å². The van der Waals surface area contributed by atoms with E-state index in [4.69, 9.17) is 23.2 Å². The standard InChI is InChI=1S/C31H34Cl2N6O5S/c1-19(2)37-18-28-38(45(43,44)27-10-7-22(32)16-24(27)33)17-25(35-29(40)21-5-8-23(9-6-21)36(3)4)30(41)39(28)26(31(37)42)15-20-11-13-34-14-12-20/h5-14,16,19,25-26,28H,15,17-18H2,1-4H3,(H,35,40). The largest absolute Gasteiger partial charge is 0.378 e. The lowest BCUT2D eigenvalue weighted by molar-refractivity contribution is -0.168. The number of benzene rings is 2. The summed E-state index contributed by atoms with van der Waals surface area (Å²) in [6.07, 6.45) is 2.23. The number of rotatable bonds is 8. The molecule has 0 bridgehead atoms. The van der Waals surface area contributed by atoms with E-state index in [1.807, 2.05) is 32.8 Å². The summed E-state index contributed by atoms with van der Waals surface area (Å²) in [7, 11) is -0.627. The van der Waals surface area contributed by atoms with Gasteiger partial charge in [-0.05, 0) is 74.0 Å². The van der Waals surface area contributed by atoms with Gasteiger partial charge in [0.05, 0.1) is 11.6 Å². The minimum atomic E-state index is -4.37. The van der Waals surface area contributed by atoms with Crippen LogP contribution in [-0.2, 0) is 26.0 Å². The lowest BCUT2D eigenvalue weighted by Crippen LogP contribution is -2.76. The quantitative estimate of drug-likeness (QED) is 0.390. The second-order valence-electron chi connectivity index (χ2n) is 11.5. The molecule has 14 heteroatoms. The molecule has 2 fully saturated rings. The predicted molar refractivity (Wildman–Crippen MR) is 172 cm³/mol. The van der Waals surface area contributed by atoms with Crippen LogP contribution in [-0.4, -0.2) is 96.7 Å². The molecule has 1 aromatic heterocycles. The SMILES string of the molecule is CC(C)N1CC2N(C(=O)C(NC(=O)c3ccc(N(C)C)cc3)CN2S(=O)(=O)c2ccc(Cl)cc2Cl)C(Cc2ccncc2)C1=O. The van der Waals surface area contributed by atoms with E-state index in [2.05, 4.69) is 10.3 Å². The number of halogens is 2. The van der Waals surface area contributed by atoms with Crippen LogP contribution in [0.5, 0.6) is 0 Å². The summed E-state index contributed by atoms with van der Waals surface area (Å²) in [5, 5.41) is 2.90. The van der Waals surface area contributed by atoms with Gasteiger partial charge in [0.2, 0.25) is 21.8 Å². The zero-order valence-corrected chi connectivity index (χ0v) is 27.6. The van der Waals surface area contributed by atoms with Crippen LogP contribution in [0.15, 0.2) is 71.9 Å². The second-order valence-corrected chi connectivity index (χ2v) is 14.2. The van der Waals surface area contributed by atoms with E-state index >= 15 is 0 Å². The fourth-order valence-corrected chi connectivity index (χ4v) is 8.02. The number of anilines is 1. The zero-order valence-electron chi connectivity index (χ0n) is 25.2. The Bertz CT molecular complexity index is 1710. The highest BCUT2D eigenvalue weighted by molar-refractivity contribution is 7.89. The Hall–Kier alpha value is -3.71. The van der Waals surface area contributed by atoms with Gasteiger partial charge >= 0.3 is 0 Å². The smallest absolute Gasteiger partial charge is 0.251 e. The molecule has 3 heterocycles. The van der Waals surface area contributed by atoms with Crippen LogP contribution < -0.4 is 10.2 Å². The number of sulfonamides is 1. The van der Waals surface area contributed by atoms with Crippen molar-refractivity contribution in [2.75, 3.05) is 32.1 Å². The minimum absolute atomic E-state index is 0.0633. The molecule has 0 spiro atoms. The van der Waals surface area contributed by atoms with Crippen molar-refractivity contribution in [2.24, 2.45) is 0 Å². The zero-order chi connectivity index (χ0) is 32.6. The molecule has 2 aromatic carbocycles. The van der Waals surface area contributed by atoms with Gasteiger partial charge in [-0.1, -0.05) is 23.2 Å². The molecule has 0 radical (unpaired) electrons. The minimum Gasteiger partial charge on any atom is -0.378 e. The molecule has 3 aromatic rings. The average molecular weight is 674 g/mol. The normalized spacial score (nSPS) is 20.7. The van der Waals surface area contributed by atoms with Crippen LogP contribution >= 0.6 is 23.2 Å². The van der Waals surface area contributed by atoms with Crippen LogP contribution in [0.1, 0.15) is 29.8 Å². The fraction of sp³-hybridized carbons (Fsp3) is 0.355. The number of pyridine rings is 1. The lowest BCUT2D eigenvalue weighted by Gasteiger charge is -2.54. The first-order valence-corrected chi connectivity index (χ1v) is 16.6. The van der Waals surface area contributed by atoms with E-state index in [-0.39, 0.29) is 46.4 Å². The number of nitrogens with one attached hydrogen (secondary N) is 1. The van der Waals surface area contributed by atoms with Crippen molar-refractivity contribution in [3.63, 3.8) is 0 Å². The van der Waals surface area contributed by atoms with E-state index in [0.717, 1.165) is 15.6 Å². The number of nitrogens with zero attached hydrogens (tertiary/aromatic N) is 5. The molecule has 3 amide bonds. The summed E-state index contributed by atoms with van der Waals surface area (Å²) in [5.74, 6) is -1.43. The highest BCUT2D eigenvalue weighted by atomic mass is 35.5. The topological polar surface area (TPSA) is 123 Å².